The quantitative estimate of drug-likeness (QED) is 0.580. The molecule has 20 heavy (non-hydrogen) atoms. The van der Waals surface area contributed by atoms with Gasteiger partial charge in [0, 0.05) is 11.1 Å². The lowest BCUT2D eigenvalue weighted by molar-refractivity contribution is 0.104. The Morgan fingerprint density at radius 1 is 1.10 bits per heavy atom. The first-order chi connectivity index (χ1) is 9.70. The van der Waals surface area contributed by atoms with E-state index in [2.05, 4.69) is 22.0 Å². The zero-order chi connectivity index (χ0) is 14.1. The molecule has 1 atom stereocenters. The van der Waals surface area contributed by atoms with E-state index in [0.29, 0.717) is 5.56 Å². The molecular weight excluding hydrogens is 314 g/mol. The van der Waals surface area contributed by atoms with Gasteiger partial charge in [0.2, 0.25) is 0 Å². The van der Waals surface area contributed by atoms with Gasteiger partial charge in [-0.15, -0.1) is 0 Å². The third-order valence-corrected chi connectivity index (χ3v) is 4.36. The molecule has 3 heteroatoms. The summed E-state index contributed by atoms with van der Waals surface area (Å²) in [6, 6.07) is 16.9. The smallest absolute Gasteiger partial charge is 0.190 e. The van der Waals surface area contributed by atoms with Crippen LogP contribution in [-0.4, -0.2) is 5.78 Å². The maximum absolute atomic E-state index is 12.4. The van der Waals surface area contributed by atoms with Gasteiger partial charge < -0.3 is 0 Å². The summed E-state index contributed by atoms with van der Waals surface area (Å²) in [7, 11) is 0. The Balaban J connectivity index is 2.01. The van der Waals surface area contributed by atoms with Crippen molar-refractivity contribution in [1.82, 2.24) is 0 Å². The number of rotatable bonds is 1. The Hall–Kier alpha value is -2.18. The number of halogens is 1. The zero-order valence-electron chi connectivity index (χ0n) is 10.5. The van der Waals surface area contributed by atoms with Crippen molar-refractivity contribution in [2.75, 3.05) is 0 Å². The summed E-state index contributed by atoms with van der Waals surface area (Å²) in [6.07, 6.45) is 1.88. The highest BCUT2D eigenvalue weighted by Gasteiger charge is 2.32. The first kappa shape index (κ1) is 12.8. The second kappa shape index (κ2) is 5.07. The first-order valence-corrected chi connectivity index (χ1v) is 7.12. The number of ketones is 1. The molecule has 1 aliphatic carbocycles. The van der Waals surface area contributed by atoms with E-state index >= 15 is 0 Å². The molecule has 2 aromatic carbocycles. The predicted octanol–water partition coefficient (Wildman–Crippen LogP) is 4.27. The molecule has 0 saturated carbocycles. The summed E-state index contributed by atoms with van der Waals surface area (Å²) in [6.45, 7) is 0. The van der Waals surface area contributed by atoms with Gasteiger partial charge in [-0.25, -0.2) is 0 Å². The molecule has 0 aliphatic heterocycles. The number of nitrogens with zero attached hydrogens (tertiary/aromatic N) is 1. The fourth-order valence-corrected chi connectivity index (χ4v) is 3.07. The molecule has 0 radical (unpaired) electrons. The number of alkyl halides is 1. The van der Waals surface area contributed by atoms with Gasteiger partial charge in [0.05, 0.1) is 16.5 Å². The minimum absolute atomic E-state index is 0.0619. The minimum Gasteiger partial charge on any atom is -0.289 e. The number of Topliss-reactive ketones (excluding diaryl/α,β-unsaturated/α-hetero) is 1. The molecule has 0 N–H and O–H groups in total. The minimum atomic E-state index is -0.0677. The summed E-state index contributed by atoms with van der Waals surface area (Å²) < 4.78 is 0. The standard InChI is InChI=1S/C17H10BrNO/c18-16-13-3-1-2-4-14(13)17(20)15(16)9-11-5-7-12(10-19)8-6-11/h1-9,16H. The molecule has 0 aromatic heterocycles. The zero-order valence-corrected chi connectivity index (χ0v) is 12.1. The van der Waals surface area contributed by atoms with Crippen LogP contribution in [0.15, 0.2) is 54.1 Å². The predicted molar refractivity (Wildman–Crippen MR) is 81.6 cm³/mol. The fraction of sp³-hybridized carbons (Fsp3) is 0.0588. The lowest BCUT2D eigenvalue weighted by Gasteiger charge is -2.03. The van der Waals surface area contributed by atoms with Crippen LogP contribution in [0.3, 0.4) is 0 Å². The van der Waals surface area contributed by atoms with Crippen molar-refractivity contribution in [3.63, 3.8) is 0 Å². The van der Waals surface area contributed by atoms with E-state index in [0.717, 1.165) is 22.3 Å². The SMILES string of the molecule is N#Cc1ccc(C=C2C(=O)c3ccccc3C2Br)cc1. The number of allylic oxidation sites excluding steroid dienone is 1. The number of nitriles is 1. The molecular formula is C17H10BrNO. The molecule has 1 unspecified atom stereocenters. The average molecular weight is 324 g/mol. The van der Waals surface area contributed by atoms with Crippen molar-refractivity contribution in [2.24, 2.45) is 0 Å². The highest BCUT2D eigenvalue weighted by molar-refractivity contribution is 9.09. The molecule has 96 valence electrons. The Labute approximate surface area is 125 Å². The van der Waals surface area contributed by atoms with Crippen LogP contribution in [0, 0.1) is 11.3 Å². The van der Waals surface area contributed by atoms with E-state index in [-0.39, 0.29) is 10.6 Å². The van der Waals surface area contributed by atoms with E-state index in [1.165, 1.54) is 0 Å². The Morgan fingerprint density at radius 3 is 2.45 bits per heavy atom. The van der Waals surface area contributed by atoms with Crippen LogP contribution in [0.25, 0.3) is 6.08 Å². The highest BCUT2D eigenvalue weighted by Crippen LogP contribution is 2.42. The van der Waals surface area contributed by atoms with Gasteiger partial charge in [0.1, 0.15) is 0 Å². The monoisotopic (exact) mass is 323 g/mol. The molecule has 1 aliphatic rings. The summed E-state index contributed by atoms with van der Waals surface area (Å²) in [5.41, 5.74) is 4.04. The molecule has 0 amide bonds. The normalized spacial score (nSPS) is 18.9. The lowest BCUT2D eigenvalue weighted by Crippen LogP contribution is -1.95. The molecule has 3 rings (SSSR count). The number of benzene rings is 2. The number of carbonyl (C=O) groups excluding carboxylic acids is 1. The topological polar surface area (TPSA) is 40.9 Å². The van der Waals surface area contributed by atoms with Gasteiger partial charge in [0.25, 0.3) is 0 Å². The van der Waals surface area contributed by atoms with Crippen molar-refractivity contribution in [2.45, 2.75) is 4.83 Å². The summed E-state index contributed by atoms with van der Waals surface area (Å²) in [5, 5.41) is 8.79. The summed E-state index contributed by atoms with van der Waals surface area (Å²) in [5.74, 6) is 0.0619. The van der Waals surface area contributed by atoms with E-state index < -0.39 is 0 Å². The largest absolute Gasteiger partial charge is 0.289 e. The second-order valence-electron chi connectivity index (χ2n) is 4.61. The van der Waals surface area contributed by atoms with Crippen LogP contribution in [0.5, 0.6) is 0 Å². The van der Waals surface area contributed by atoms with Crippen molar-refractivity contribution in [1.29, 1.82) is 5.26 Å². The Bertz CT molecular complexity index is 753. The number of fused-ring (bicyclic) bond motifs is 1. The lowest BCUT2D eigenvalue weighted by atomic mass is 10.1. The van der Waals surface area contributed by atoms with Crippen molar-refractivity contribution in [3.8, 4) is 6.07 Å². The van der Waals surface area contributed by atoms with Gasteiger partial charge in [-0.3, -0.25) is 4.79 Å². The summed E-state index contributed by atoms with van der Waals surface area (Å²) in [4.78, 5) is 12.3. The second-order valence-corrected chi connectivity index (χ2v) is 5.53. The molecule has 0 fully saturated rings. The van der Waals surface area contributed by atoms with Gasteiger partial charge in [-0.1, -0.05) is 52.3 Å². The van der Waals surface area contributed by atoms with Gasteiger partial charge in [-0.05, 0) is 29.3 Å². The van der Waals surface area contributed by atoms with E-state index in [9.17, 15) is 4.79 Å². The van der Waals surface area contributed by atoms with Gasteiger partial charge in [-0.2, -0.15) is 5.26 Å². The highest BCUT2D eigenvalue weighted by atomic mass is 79.9. The average Bonchev–Trinajstić information content (AvgIpc) is 2.74. The maximum Gasteiger partial charge on any atom is 0.190 e. The van der Waals surface area contributed by atoms with Crippen molar-refractivity contribution < 1.29 is 4.79 Å². The van der Waals surface area contributed by atoms with E-state index in [1.807, 2.05) is 42.5 Å². The number of carbonyl (C=O) groups is 1. The van der Waals surface area contributed by atoms with Crippen LogP contribution >= 0.6 is 15.9 Å². The van der Waals surface area contributed by atoms with Crippen LogP contribution in [-0.2, 0) is 0 Å². The van der Waals surface area contributed by atoms with Crippen LogP contribution < -0.4 is 0 Å². The van der Waals surface area contributed by atoms with E-state index in [4.69, 9.17) is 5.26 Å². The first-order valence-electron chi connectivity index (χ1n) is 6.20. The summed E-state index contributed by atoms with van der Waals surface area (Å²) >= 11 is 3.59. The molecule has 2 aromatic rings. The van der Waals surface area contributed by atoms with Gasteiger partial charge >= 0.3 is 0 Å². The maximum atomic E-state index is 12.4. The number of hydrogen-bond donors (Lipinski definition) is 0. The number of hydrogen-bond acceptors (Lipinski definition) is 2. The van der Waals surface area contributed by atoms with Crippen LogP contribution in [0.2, 0.25) is 0 Å². The van der Waals surface area contributed by atoms with Crippen molar-refractivity contribution in [3.05, 3.63) is 76.4 Å². The Morgan fingerprint density at radius 2 is 1.80 bits per heavy atom. The molecule has 0 saturated heterocycles. The van der Waals surface area contributed by atoms with Crippen molar-refractivity contribution >= 4 is 27.8 Å². The van der Waals surface area contributed by atoms with E-state index in [1.54, 1.807) is 12.1 Å². The molecule has 0 bridgehead atoms. The molecule has 0 spiro atoms. The third kappa shape index (κ3) is 2.09. The van der Waals surface area contributed by atoms with Crippen LogP contribution in [0.4, 0.5) is 0 Å². The molecule has 2 nitrogen and oxygen atoms in total. The third-order valence-electron chi connectivity index (χ3n) is 3.38. The molecule has 0 heterocycles. The fourth-order valence-electron chi connectivity index (χ4n) is 2.34. The Kier molecular flexibility index (Phi) is 3.25. The van der Waals surface area contributed by atoms with Crippen LogP contribution in [0.1, 0.15) is 31.9 Å². The van der Waals surface area contributed by atoms with Gasteiger partial charge in [0.15, 0.2) is 5.78 Å².